The van der Waals surface area contributed by atoms with Gasteiger partial charge in [-0.2, -0.15) is 5.10 Å². The molecule has 0 bridgehead atoms. The summed E-state index contributed by atoms with van der Waals surface area (Å²) in [5.41, 5.74) is 2.88. The van der Waals surface area contributed by atoms with Gasteiger partial charge in [-0.05, 0) is 37.7 Å². The molecule has 0 unspecified atom stereocenters. The van der Waals surface area contributed by atoms with Crippen LogP contribution in [0.3, 0.4) is 0 Å². The van der Waals surface area contributed by atoms with Crippen LogP contribution in [0.1, 0.15) is 22.5 Å². The fourth-order valence-corrected chi connectivity index (χ4v) is 3.93. The lowest BCUT2D eigenvalue weighted by molar-refractivity contribution is 0.0991. The Kier molecular flexibility index (Phi) is 4.44. The fraction of sp³-hybridized carbons (Fsp3) is 0.300. The van der Waals surface area contributed by atoms with E-state index in [1.54, 1.807) is 34.1 Å². The number of anilines is 2. The molecule has 8 nitrogen and oxygen atoms in total. The van der Waals surface area contributed by atoms with Crippen molar-refractivity contribution in [1.29, 1.82) is 0 Å². The van der Waals surface area contributed by atoms with E-state index in [0.717, 1.165) is 30.8 Å². The summed E-state index contributed by atoms with van der Waals surface area (Å²) in [6.45, 7) is 2.27. The number of rotatable bonds is 4. The van der Waals surface area contributed by atoms with Crippen molar-refractivity contribution in [2.45, 2.75) is 19.0 Å². The molecule has 1 aromatic carbocycles. The molecule has 5 rings (SSSR count). The second kappa shape index (κ2) is 7.13. The van der Waals surface area contributed by atoms with E-state index in [1.807, 2.05) is 25.4 Å². The van der Waals surface area contributed by atoms with E-state index in [0.29, 0.717) is 34.9 Å². The number of nitrogens with one attached hydrogen (secondary N) is 1. The number of nitrogens with zero attached hydrogens (tertiary/aromatic N) is 6. The van der Waals surface area contributed by atoms with E-state index >= 15 is 0 Å². The van der Waals surface area contributed by atoms with Crippen molar-refractivity contribution >= 4 is 29.1 Å². The maximum atomic E-state index is 12.9. The Morgan fingerprint density at radius 3 is 2.55 bits per heavy atom. The Morgan fingerprint density at radius 2 is 1.90 bits per heavy atom. The van der Waals surface area contributed by atoms with Crippen LogP contribution in [-0.2, 0) is 6.54 Å². The minimum absolute atomic E-state index is 0.138. The average molecular weight is 410 g/mol. The molecular formula is C20H20ClN7O. The smallest absolute Gasteiger partial charge is 0.279 e. The lowest BCUT2D eigenvalue weighted by Crippen LogP contribution is -2.30. The van der Waals surface area contributed by atoms with Crippen LogP contribution in [-0.4, -0.2) is 51.8 Å². The molecule has 2 aliphatic heterocycles. The van der Waals surface area contributed by atoms with Gasteiger partial charge < -0.3 is 10.2 Å². The maximum absolute atomic E-state index is 12.9. The first-order valence-electron chi connectivity index (χ1n) is 9.53. The van der Waals surface area contributed by atoms with Gasteiger partial charge in [0, 0.05) is 35.9 Å². The van der Waals surface area contributed by atoms with Crippen LogP contribution in [0.5, 0.6) is 0 Å². The molecule has 0 aliphatic carbocycles. The standard InChI is InChI=1S/C20H20ClN7O/c1-22-15-6-7-26(12-15)20-23-8-17(9-24-20)27-10-13-11-28(25-18(13)19(27)29)16-4-2-14(21)3-5-16/h2-5,8-9,11,15,22H,6-7,10,12H2,1H3/t15-/m0/s1. The van der Waals surface area contributed by atoms with Crippen LogP contribution >= 0.6 is 11.6 Å². The highest BCUT2D eigenvalue weighted by molar-refractivity contribution is 6.30. The predicted molar refractivity (Wildman–Crippen MR) is 111 cm³/mol. The van der Waals surface area contributed by atoms with Crippen LogP contribution in [0.15, 0.2) is 42.9 Å². The highest BCUT2D eigenvalue weighted by atomic mass is 35.5. The molecule has 1 amide bonds. The molecule has 0 radical (unpaired) electrons. The Labute approximate surface area is 173 Å². The molecule has 1 saturated heterocycles. The zero-order valence-electron chi connectivity index (χ0n) is 15.9. The quantitative estimate of drug-likeness (QED) is 0.712. The van der Waals surface area contributed by atoms with Crippen molar-refractivity contribution in [2.24, 2.45) is 0 Å². The van der Waals surface area contributed by atoms with E-state index in [1.165, 1.54) is 0 Å². The Morgan fingerprint density at radius 1 is 1.14 bits per heavy atom. The number of hydrogen-bond acceptors (Lipinski definition) is 6. The zero-order chi connectivity index (χ0) is 20.0. The minimum atomic E-state index is -0.138. The van der Waals surface area contributed by atoms with Crippen molar-refractivity contribution in [1.82, 2.24) is 25.1 Å². The van der Waals surface area contributed by atoms with Crippen molar-refractivity contribution < 1.29 is 4.79 Å². The summed E-state index contributed by atoms with van der Waals surface area (Å²) in [6.07, 6.45) is 6.39. The summed E-state index contributed by atoms with van der Waals surface area (Å²) >= 11 is 5.94. The number of halogens is 1. The molecule has 148 valence electrons. The zero-order valence-corrected chi connectivity index (χ0v) is 16.7. The van der Waals surface area contributed by atoms with Gasteiger partial charge in [0.15, 0.2) is 5.69 Å². The van der Waals surface area contributed by atoms with Crippen molar-refractivity contribution in [3.05, 3.63) is 59.1 Å². The normalized spacial score (nSPS) is 18.6. The van der Waals surface area contributed by atoms with Gasteiger partial charge in [-0.3, -0.25) is 9.69 Å². The lowest BCUT2D eigenvalue weighted by Gasteiger charge is -2.19. The van der Waals surface area contributed by atoms with Crippen LogP contribution in [0, 0.1) is 0 Å². The monoisotopic (exact) mass is 409 g/mol. The van der Waals surface area contributed by atoms with Crippen LogP contribution in [0.4, 0.5) is 11.6 Å². The van der Waals surface area contributed by atoms with Gasteiger partial charge in [0.05, 0.1) is 30.3 Å². The molecule has 0 spiro atoms. The molecule has 3 aromatic rings. The molecule has 2 aromatic heterocycles. The minimum Gasteiger partial charge on any atom is -0.339 e. The van der Waals surface area contributed by atoms with Crippen molar-refractivity contribution in [3.63, 3.8) is 0 Å². The lowest BCUT2D eigenvalue weighted by atomic mass is 10.3. The number of amides is 1. The third-order valence-electron chi connectivity index (χ3n) is 5.47. The summed E-state index contributed by atoms with van der Waals surface area (Å²) in [5.74, 6) is 0.560. The molecule has 29 heavy (non-hydrogen) atoms. The summed E-state index contributed by atoms with van der Waals surface area (Å²) in [6, 6.07) is 7.81. The summed E-state index contributed by atoms with van der Waals surface area (Å²) in [7, 11) is 1.97. The first-order chi connectivity index (χ1) is 14.1. The molecule has 4 heterocycles. The number of fused-ring (bicyclic) bond motifs is 1. The Hall–Kier alpha value is -2.97. The Balaban J connectivity index is 1.33. The van der Waals surface area contributed by atoms with E-state index in [2.05, 4.69) is 25.3 Å². The summed E-state index contributed by atoms with van der Waals surface area (Å²) in [5, 5.41) is 8.42. The number of benzene rings is 1. The van der Waals surface area contributed by atoms with Crippen LogP contribution < -0.4 is 15.1 Å². The molecule has 2 aliphatic rings. The van der Waals surface area contributed by atoms with Gasteiger partial charge in [0.2, 0.25) is 5.95 Å². The molecule has 1 fully saturated rings. The van der Waals surface area contributed by atoms with Gasteiger partial charge in [-0.25, -0.2) is 14.6 Å². The topological polar surface area (TPSA) is 79.2 Å². The second-order valence-electron chi connectivity index (χ2n) is 7.28. The highest BCUT2D eigenvalue weighted by Gasteiger charge is 2.33. The van der Waals surface area contributed by atoms with E-state index in [9.17, 15) is 4.79 Å². The number of carbonyl (C=O) groups is 1. The molecule has 1 atom stereocenters. The number of hydrogen-bond donors (Lipinski definition) is 1. The first-order valence-corrected chi connectivity index (χ1v) is 9.91. The summed E-state index contributed by atoms with van der Waals surface area (Å²) < 4.78 is 1.71. The number of carbonyl (C=O) groups excluding carboxylic acids is 1. The highest BCUT2D eigenvalue weighted by Crippen LogP contribution is 2.28. The van der Waals surface area contributed by atoms with Crippen molar-refractivity contribution in [2.75, 3.05) is 29.9 Å². The third-order valence-corrected chi connectivity index (χ3v) is 5.72. The molecule has 9 heteroatoms. The number of aromatic nitrogens is 4. The van der Waals surface area contributed by atoms with Gasteiger partial charge in [-0.1, -0.05) is 11.6 Å². The fourth-order valence-electron chi connectivity index (χ4n) is 3.80. The van der Waals surface area contributed by atoms with Gasteiger partial charge >= 0.3 is 0 Å². The molecular weight excluding hydrogens is 390 g/mol. The predicted octanol–water partition coefficient (Wildman–Crippen LogP) is 2.27. The van der Waals surface area contributed by atoms with E-state index in [-0.39, 0.29) is 5.91 Å². The third kappa shape index (κ3) is 3.24. The largest absolute Gasteiger partial charge is 0.339 e. The average Bonchev–Trinajstić information content (AvgIpc) is 3.45. The maximum Gasteiger partial charge on any atom is 0.279 e. The Bertz CT molecular complexity index is 1050. The van der Waals surface area contributed by atoms with Gasteiger partial charge in [0.25, 0.3) is 5.91 Å². The SMILES string of the molecule is CN[C@H]1CCN(c2ncc(N3Cc4cn(-c5ccc(Cl)cc5)nc4C3=O)cn2)C1. The van der Waals surface area contributed by atoms with E-state index < -0.39 is 0 Å². The van der Waals surface area contributed by atoms with Crippen molar-refractivity contribution in [3.8, 4) is 5.69 Å². The van der Waals surface area contributed by atoms with E-state index in [4.69, 9.17) is 11.6 Å². The van der Waals surface area contributed by atoms with Crippen LogP contribution in [0.2, 0.25) is 5.02 Å². The van der Waals surface area contributed by atoms with Crippen LogP contribution in [0.25, 0.3) is 5.69 Å². The van der Waals surface area contributed by atoms with Gasteiger partial charge in [-0.15, -0.1) is 0 Å². The number of likely N-dealkylation sites (N-methyl/N-ethyl adjacent to an activating group) is 1. The molecule has 1 N–H and O–H groups in total. The summed E-state index contributed by atoms with van der Waals surface area (Å²) in [4.78, 5) is 25.7. The molecule has 0 saturated carbocycles. The first kappa shape index (κ1) is 18.1. The second-order valence-corrected chi connectivity index (χ2v) is 7.71. The van der Waals surface area contributed by atoms with Gasteiger partial charge in [0.1, 0.15) is 0 Å².